The van der Waals surface area contributed by atoms with E-state index < -0.39 is 136 Å². The highest BCUT2D eigenvalue weighted by molar-refractivity contribution is 8.76. The number of carbonyl (C=O) groups excluding carboxylic acids is 12. The van der Waals surface area contributed by atoms with Crippen LogP contribution in [-0.4, -0.2) is 306 Å². The van der Waals surface area contributed by atoms with Gasteiger partial charge in [-0.05, 0) is 139 Å². The van der Waals surface area contributed by atoms with Crippen LogP contribution in [0.2, 0.25) is 0 Å². The number of phosphoric ester groups is 1. The number of rotatable bonds is 60. The number of aryl methyl sites for hydroxylation is 2. The van der Waals surface area contributed by atoms with Gasteiger partial charge in [-0.1, -0.05) is 39.8 Å². The van der Waals surface area contributed by atoms with Crippen LogP contribution in [-0.2, 0) is 137 Å². The number of aromatic hydroxyl groups is 2. The molecule has 15 N–H and O–H groups in total. The molecule has 0 radical (unpaired) electrons. The van der Waals surface area contributed by atoms with Gasteiger partial charge in [-0.15, -0.1) is 0 Å². The molecule has 784 valence electrons. The zero-order valence-corrected chi connectivity index (χ0v) is 83.0. The van der Waals surface area contributed by atoms with E-state index in [1.54, 1.807) is 58.3 Å². The maximum atomic E-state index is 14.2. The Labute approximate surface area is 839 Å². The molecule has 7 aromatic rings. The molecule has 3 atom stereocenters. The molecule has 3 unspecified atom stereocenters. The zero-order valence-electron chi connectivity index (χ0n) is 80.5. The molecule has 1 aliphatic carbocycles. The second-order valence-electron chi connectivity index (χ2n) is 32.1. The lowest BCUT2D eigenvalue weighted by Gasteiger charge is -2.24. The molecule has 1 saturated heterocycles. The fraction of sp³-hybridized carbons (Fsp3) is 0.441. The first-order chi connectivity index (χ1) is 69.5. The molecule has 2 aromatic heterocycles. The van der Waals surface area contributed by atoms with E-state index in [4.69, 9.17) is 87.0 Å². The summed E-state index contributed by atoms with van der Waals surface area (Å²) in [5.74, 6) is -9.31. The van der Waals surface area contributed by atoms with E-state index in [0.717, 1.165) is 27.0 Å². The summed E-state index contributed by atoms with van der Waals surface area (Å²) in [6.07, 6.45) is -0.129. The average Bonchev–Trinajstić information content (AvgIpc) is 1.61. The van der Waals surface area contributed by atoms with Crippen LogP contribution in [0.25, 0.3) is 17.2 Å². The Morgan fingerprint density at radius 2 is 1.29 bits per heavy atom. The Balaban J connectivity index is 0.600. The summed E-state index contributed by atoms with van der Waals surface area (Å²) in [4.78, 5) is 199. The second-order valence-corrected chi connectivity index (χ2v) is 36.1. The number of phosphoric acid groups is 1. The van der Waals surface area contributed by atoms with Gasteiger partial charge in [-0.2, -0.15) is 9.97 Å². The van der Waals surface area contributed by atoms with Crippen LogP contribution < -0.4 is 67.6 Å². The first-order valence-corrected chi connectivity index (χ1v) is 49.1. The third-order valence-corrected chi connectivity index (χ3v) is 24.7. The lowest BCUT2D eigenvalue weighted by atomic mass is 10.0. The quantitative estimate of drug-likeness (QED) is 0.00441. The molecular formula is C93H116N15O34PS2. The first kappa shape index (κ1) is 115. The van der Waals surface area contributed by atoms with Crippen LogP contribution in [0.5, 0.6) is 28.9 Å². The van der Waals surface area contributed by atoms with E-state index in [9.17, 15) is 87.0 Å². The van der Waals surface area contributed by atoms with Crippen molar-refractivity contribution in [3.63, 3.8) is 0 Å². The number of likely N-dealkylation sites (N-methyl/N-ethyl adjacent to an activating group) is 1. The van der Waals surface area contributed by atoms with Crippen molar-refractivity contribution >= 4 is 147 Å². The van der Waals surface area contributed by atoms with Crippen molar-refractivity contribution in [1.29, 1.82) is 0 Å². The number of benzene rings is 5. The summed E-state index contributed by atoms with van der Waals surface area (Å²) in [6.45, 7) is 4.40. The zero-order chi connectivity index (χ0) is 105. The number of phenols is 1. The highest BCUT2D eigenvalue weighted by atomic mass is 33.1. The van der Waals surface area contributed by atoms with Crippen LogP contribution in [0.4, 0.5) is 26.9 Å². The highest BCUT2D eigenvalue weighted by Crippen LogP contribution is 2.53. The molecule has 9 rings (SSSR count). The van der Waals surface area contributed by atoms with Gasteiger partial charge in [0.25, 0.3) is 5.91 Å². The maximum Gasteiger partial charge on any atom is 0.530 e. The number of ether oxygens (including phenoxy) is 12. The molecule has 5 aromatic carbocycles. The number of aromatic nitrogens is 4. The van der Waals surface area contributed by atoms with Gasteiger partial charge in [-0.25, -0.2) is 33.7 Å². The summed E-state index contributed by atoms with van der Waals surface area (Å²) < 4.78 is 95.2. The SMILES string of the molecule is COc1cc2c(c(NC(=O)OCc3ccc(SSCC(NC(C)=O)C(=O)N(C)C)c(CCOCC(=O)NCCOCCOCCOCCNC(=O)C(N)CC(=O)NCCOCCOCCNC(=O)CCC(NC(=O)c4ccc(N(Cc5cnc6nc(N)nc(O)c6n5)C(=O)OCc5ccc(OP6(=O)OCCCO6)c(C(=O)OCOC(=O)CCC(=O)O)c5)cc4)C(=O)O)c3)c1OC)C(=O)/C(=C/c1cc(C)c(O)c(C)c1)C2. The Morgan fingerprint density at radius 3 is 1.92 bits per heavy atom. The molecule has 52 heteroatoms. The summed E-state index contributed by atoms with van der Waals surface area (Å²) in [5.41, 5.74) is 15.7. The Morgan fingerprint density at radius 1 is 0.662 bits per heavy atom. The minimum absolute atomic E-state index is 0.00344. The third-order valence-electron chi connectivity index (χ3n) is 20.9. The molecule has 2 aliphatic rings. The van der Waals surface area contributed by atoms with E-state index in [1.165, 1.54) is 90.2 Å². The lowest BCUT2D eigenvalue weighted by Crippen LogP contribution is -2.47. The number of carbonyl (C=O) groups is 14. The van der Waals surface area contributed by atoms with Crippen molar-refractivity contribution in [3.05, 3.63) is 152 Å². The first-order valence-electron chi connectivity index (χ1n) is 45.3. The molecule has 1 aliphatic heterocycles. The van der Waals surface area contributed by atoms with Crippen LogP contribution in [0.1, 0.15) is 121 Å². The van der Waals surface area contributed by atoms with Crippen molar-refractivity contribution in [2.75, 3.05) is 175 Å². The van der Waals surface area contributed by atoms with E-state index in [-0.39, 0.29) is 248 Å². The number of amides is 9. The molecule has 0 saturated carbocycles. The summed E-state index contributed by atoms with van der Waals surface area (Å²) >= 11 is 0. The van der Waals surface area contributed by atoms with E-state index in [1.807, 2.05) is 12.1 Å². The van der Waals surface area contributed by atoms with E-state index in [2.05, 4.69) is 57.2 Å². The summed E-state index contributed by atoms with van der Waals surface area (Å²) in [6, 6.07) is 15.9. The standard InChI is InChI=1S/C93H116N15O34PS2/c1-54-39-59(40-55(2)81(54)116)42-63-44-62-45-71(128-6)83(129-7)79(78(62)82(63)117)104-92(125)136-49-57-10-17-72(145-144-52-69(101-56(3)109)88(121)107(4)5)61(41-57)21-28-135-51-75(112)98-24-31-132-35-37-134-38-36-133-32-25-99-86(119)67(94)46-74(111)97-23-30-131-34-33-130-29-22-96-73(110)18-15-68(89(122)123)103-85(118)60-11-13-65(14-12-60)108(48-64-47-100-84-80(102-64)87(120)106-91(95)105-84)93(126)137-50-58-9-16-70(142-143(127)140-26-8-27-141-143)66(43-58)90(124)139-53-138-77(115)20-19-76(113)114/h9-14,16-17,39-43,45,47,67-69,116H,8,15,18-38,44,46,48-53,94H2,1-7H3,(H,96,110)(H,97,111)(H,98,112)(H,99,119)(H,101,109)(H,103,118)(H,104,125)(H,113,114)(H,122,123)(H3,95,100,105,106,120)/b63-42+. The number of Topliss-reactive ketones (excluding diaryl/α,β-unsaturated/α-hetero) is 1. The molecule has 0 spiro atoms. The minimum atomic E-state index is -4.25. The maximum absolute atomic E-state index is 14.2. The summed E-state index contributed by atoms with van der Waals surface area (Å²) in [7, 11) is 4.47. The largest absolute Gasteiger partial charge is 0.530 e. The van der Waals surface area contributed by atoms with Crippen LogP contribution >= 0.6 is 29.4 Å². The summed E-state index contributed by atoms with van der Waals surface area (Å²) in [5, 5.41) is 58.2. The van der Waals surface area contributed by atoms with Crippen molar-refractivity contribution in [1.82, 2.24) is 56.7 Å². The van der Waals surface area contributed by atoms with Gasteiger partial charge in [0.05, 0.1) is 149 Å². The number of nitrogens with two attached hydrogens (primary N) is 2. The topological polar surface area (TPSA) is 670 Å². The Bertz CT molecular complexity index is 5790. The number of nitrogens with one attached hydrogen (secondary N) is 7. The van der Waals surface area contributed by atoms with Gasteiger partial charge in [0, 0.05) is 87.5 Å². The predicted molar refractivity (Wildman–Crippen MR) is 518 cm³/mol. The van der Waals surface area contributed by atoms with Crippen molar-refractivity contribution in [3.8, 4) is 28.9 Å². The van der Waals surface area contributed by atoms with Crippen LogP contribution in [0.3, 0.4) is 0 Å². The molecule has 145 heavy (non-hydrogen) atoms. The minimum Gasteiger partial charge on any atom is -0.507 e. The number of anilines is 3. The van der Waals surface area contributed by atoms with Gasteiger partial charge >= 0.3 is 43.9 Å². The number of carboxylic acid groups (broad SMARTS) is 2. The second kappa shape index (κ2) is 58.7. The molecule has 1 fully saturated rings. The van der Waals surface area contributed by atoms with Gasteiger partial charge in [-0.3, -0.25) is 67.2 Å². The van der Waals surface area contributed by atoms with Gasteiger partial charge in [0.15, 0.2) is 28.4 Å². The van der Waals surface area contributed by atoms with Gasteiger partial charge < -0.3 is 130 Å². The number of phenolic OH excluding ortho intramolecular Hbond substituents is 1. The molecule has 3 heterocycles. The number of nitrogen functional groups attached to an aromatic ring is 1. The number of carboxylic acids is 2. The third kappa shape index (κ3) is 37.6. The van der Waals surface area contributed by atoms with Crippen molar-refractivity contribution < 1.29 is 163 Å². The molecular weight excluding hydrogens is 1970 g/mol. The molecule has 9 amide bonds. The normalized spacial score (nSPS) is 13.3. The monoisotopic (exact) mass is 2080 g/mol. The number of aliphatic carboxylic acids is 2. The Kier molecular flexibility index (Phi) is 46.4. The lowest BCUT2D eigenvalue weighted by molar-refractivity contribution is -0.154. The van der Waals surface area contributed by atoms with Crippen LogP contribution in [0.15, 0.2) is 95.5 Å². The number of allylic oxidation sites excluding steroid dienone is 1. The number of nitrogens with zero attached hydrogens (tertiary/aromatic N) is 6. The number of hydrogen-bond donors (Lipinski definition) is 13. The van der Waals surface area contributed by atoms with Crippen molar-refractivity contribution in [2.45, 2.75) is 115 Å². The smallest absolute Gasteiger partial charge is 0.507 e. The fourth-order valence-electron chi connectivity index (χ4n) is 13.7. The van der Waals surface area contributed by atoms with Crippen LogP contribution in [0, 0.1) is 13.8 Å². The highest BCUT2D eigenvalue weighted by Gasteiger charge is 2.37. The molecule has 0 bridgehead atoms. The average molecular weight is 2080 g/mol. The predicted octanol–water partition coefficient (Wildman–Crippen LogP) is 5.23. The fourth-order valence-corrected chi connectivity index (χ4v) is 17.5. The van der Waals surface area contributed by atoms with E-state index >= 15 is 0 Å². The number of methoxy groups -OCH3 is 2. The van der Waals surface area contributed by atoms with Gasteiger partial charge in [0.1, 0.15) is 54.7 Å². The molecule has 49 nitrogen and oxygen atoms in total. The van der Waals surface area contributed by atoms with E-state index in [0.29, 0.717) is 40.7 Å². The number of fused-ring (bicyclic) bond motifs is 2. The van der Waals surface area contributed by atoms with Gasteiger partial charge in [0.2, 0.25) is 54.1 Å². The number of ketones is 1. The number of hydrogen-bond acceptors (Lipinski definition) is 40. The van der Waals surface area contributed by atoms with Crippen molar-refractivity contribution in [2.24, 2.45) is 5.73 Å². The Hall–Kier alpha value is -14.0. The number of esters is 2.